The molecule has 1 aromatic rings. The van der Waals surface area contributed by atoms with Crippen LogP contribution in [-0.4, -0.2) is 10.1 Å². The van der Waals surface area contributed by atoms with Crippen LogP contribution in [0.4, 0.5) is 13.2 Å². The van der Waals surface area contributed by atoms with E-state index >= 15 is 0 Å². The van der Waals surface area contributed by atoms with Crippen LogP contribution in [0, 0.1) is 0 Å². The highest BCUT2D eigenvalue weighted by Crippen LogP contribution is 2.30. The second kappa shape index (κ2) is 5.00. The lowest BCUT2D eigenvalue weighted by molar-refractivity contribution is -0.125. The first kappa shape index (κ1) is 11.8. The molecule has 0 heterocycles. The maximum atomic E-state index is 12.1. The second-order valence-corrected chi connectivity index (χ2v) is 4.54. The van der Waals surface area contributed by atoms with Crippen molar-refractivity contribution < 1.29 is 13.2 Å². The van der Waals surface area contributed by atoms with Crippen LogP contribution < -0.4 is 0 Å². The Morgan fingerprint density at radius 2 is 1.71 bits per heavy atom. The number of hydrogen-bond donors (Lipinski definition) is 0. The first-order chi connectivity index (χ1) is 6.50. The fourth-order valence-electron chi connectivity index (χ4n) is 1.10. The first-order valence-electron chi connectivity index (χ1n) is 4.25. The number of aryl methyl sites for hydroxylation is 1. The summed E-state index contributed by atoms with van der Waals surface area (Å²) in [5.41, 5.74) is 0.957. The minimum Gasteiger partial charge on any atom is -0.170 e. The molecule has 0 spiro atoms. The molecule has 0 bridgehead atoms. The lowest BCUT2D eigenvalue weighted by atomic mass is 10.1. The molecule has 0 radical (unpaired) electrons. The molecule has 0 amide bonds. The van der Waals surface area contributed by atoms with Gasteiger partial charge in [0.25, 0.3) is 0 Å². The van der Waals surface area contributed by atoms with Gasteiger partial charge in [-0.2, -0.15) is 13.2 Å². The lowest BCUT2D eigenvalue weighted by Crippen LogP contribution is -2.23. The Morgan fingerprint density at radius 1 is 1.14 bits per heavy atom. The summed E-state index contributed by atoms with van der Waals surface area (Å²) in [6.07, 6.45) is -3.45. The van der Waals surface area contributed by atoms with Crippen molar-refractivity contribution in [3.63, 3.8) is 0 Å². The summed E-state index contributed by atoms with van der Waals surface area (Å²) in [5.74, 6) is 0. The predicted molar refractivity (Wildman–Crippen MR) is 58.6 cm³/mol. The molecule has 0 nitrogen and oxygen atoms in total. The largest absolute Gasteiger partial charge is 0.400 e. The van der Waals surface area contributed by atoms with E-state index in [1.807, 2.05) is 30.3 Å². The fourth-order valence-corrected chi connectivity index (χ4v) is 1.41. The Balaban J connectivity index is 2.42. The van der Waals surface area contributed by atoms with E-state index in [4.69, 9.17) is 0 Å². The van der Waals surface area contributed by atoms with Gasteiger partial charge in [0.05, 0.1) is 0 Å². The number of hydrogen-bond acceptors (Lipinski definition) is 0. The molecule has 1 aromatic carbocycles. The van der Waals surface area contributed by atoms with Gasteiger partial charge >= 0.3 is 6.18 Å². The molecular formula is C10H10F3I. The maximum absolute atomic E-state index is 12.1. The van der Waals surface area contributed by atoms with Gasteiger partial charge in [0.2, 0.25) is 0 Å². The van der Waals surface area contributed by atoms with E-state index in [2.05, 4.69) is 0 Å². The van der Waals surface area contributed by atoms with Gasteiger partial charge in [-0.1, -0.05) is 52.9 Å². The van der Waals surface area contributed by atoms with Crippen LogP contribution in [0.3, 0.4) is 0 Å². The number of alkyl halides is 4. The highest BCUT2D eigenvalue weighted by atomic mass is 127. The normalized spacial score (nSPS) is 14.0. The van der Waals surface area contributed by atoms with Crippen LogP contribution in [-0.2, 0) is 6.42 Å². The summed E-state index contributed by atoms with van der Waals surface area (Å²) >= 11 is 1.45. The van der Waals surface area contributed by atoms with Crippen LogP contribution in [0.5, 0.6) is 0 Å². The first-order valence-corrected chi connectivity index (χ1v) is 5.49. The van der Waals surface area contributed by atoms with E-state index in [1.165, 1.54) is 22.6 Å². The van der Waals surface area contributed by atoms with Gasteiger partial charge in [-0.15, -0.1) is 0 Å². The molecule has 0 saturated heterocycles. The van der Waals surface area contributed by atoms with Gasteiger partial charge in [0, 0.05) is 0 Å². The van der Waals surface area contributed by atoms with E-state index < -0.39 is 10.1 Å². The molecule has 1 rings (SSSR count). The molecule has 0 N–H and O–H groups in total. The molecule has 1 unspecified atom stereocenters. The van der Waals surface area contributed by atoms with Crippen LogP contribution in [0.25, 0.3) is 0 Å². The van der Waals surface area contributed by atoms with Gasteiger partial charge in [-0.25, -0.2) is 0 Å². The zero-order valence-electron chi connectivity index (χ0n) is 7.39. The van der Waals surface area contributed by atoms with Crippen molar-refractivity contribution in [1.82, 2.24) is 0 Å². The summed E-state index contributed by atoms with van der Waals surface area (Å²) in [6, 6.07) is 9.23. The third-order valence-corrected chi connectivity index (χ3v) is 3.21. The van der Waals surface area contributed by atoms with Crippen molar-refractivity contribution in [3.8, 4) is 0 Å². The van der Waals surface area contributed by atoms with Gasteiger partial charge in [0.15, 0.2) is 0 Å². The van der Waals surface area contributed by atoms with E-state index in [1.54, 1.807) is 0 Å². The number of benzene rings is 1. The Morgan fingerprint density at radius 3 is 2.21 bits per heavy atom. The molecule has 1 atom stereocenters. The predicted octanol–water partition coefficient (Wildman–Crippen LogP) is 3.99. The second-order valence-electron chi connectivity index (χ2n) is 3.03. The molecule has 0 aliphatic carbocycles. The van der Waals surface area contributed by atoms with E-state index in [0.29, 0.717) is 6.42 Å². The smallest absolute Gasteiger partial charge is 0.170 e. The zero-order valence-corrected chi connectivity index (χ0v) is 9.55. The Kier molecular flexibility index (Phi) is 4.22. The van der Waals surface area contributed by atoms with E-state index in [0.717, 1.165) is 5.56 Å². The van der Waals surface area contributed by atoms with Crippen molar-refractivity contribution in [3.05, 3.63) is 35.9 Å². The van der Waals surface area contributed by atoms with Crippen LogP contribution in [0.1, 0.15) is 12.0 Å². The zero-order chi connectivity index (χ0) is 10.6. The summed E-state index contributed by atoms with van der Waals surface area (Å²) in [4.78, 5) is 0. The minimum absolute atomic E-state index is 0.147. The number of halogens is 4. The van der Waals surface area contributed by atoms with Crippen molar-refractivity contribution >= 4 is 22.6 Å². The third-order valence-electron chi connectivity index (χ3n) is 1.88. The standard InChI is InChI=1S/C10H10F3I/c11-10(12,13)9(14)7-6-8-4-2-1-3-5-8/h1-5,9H,6-7H2. The quantitative estimate of drug-likeness (QED) is 0.585. The van der Waals surface area contributed by atoms with Gasteiger partial charge in [0.1, 0.15) is 3.92 Å². The molecule has 0 aromatic heterocycles. The highest BCUT2D eigenvalue weighted by molar-refractivity contribution is 14.1. The van der Waals surface area contributed by atoms with Crippen molar-refractivity contribution in [2.45, 2.75) is 22.9 Å². The van der Waals surface area contributed by atoms with Crippen LogP contribution >= 0.6 is 22.6 Å². The lowest BCUT2D eigenvalue weighted by Gasteiger charge is -2.13. The topological polar surface area (TPSA) is 0 Å². The molecular weight excluding hydrogens is 304 g/mol. The minimum atomic E-state index is -4.07. The fraction of sp³-hybridized carbons (Fsp3) is 0.400. The van der Waals surface area contributed by atoms with Crippen LogP contribution in [0.15, 0.2) is 30.3 Å². The molecule has 14 heavy (non-hydrogen) atoms. The average Bonchev–Trinajstić information content (AvgIpc) is 2.14. The molecule has 4 heteroatoms. The van der Waals surface area contributed by atoms with Crippen molar-refractivity contribution in [1.29, 1.82) is 0 Å². The Bertz CT molecular complexity index is 268. The average molecular weight is 314 g/mol. The van der Waals surface area contributed by atoms with Crippen molar-refractivity contribution in [2.24, 2.45) is 0 Å². The monoisotopic (exact) mass is 314 g/mol. The van der Waals surface area contributed by atoms with Gasteiger partial charge < -0.3 is 0 Å². The summed E-state index contributed by atoms with van der Waals surface area (Å²) in [6.45, 7) is 0. The molecule has 78 valence electrons. The SMILES string of the molecule is FC(F)(F)C(I)CCc1ccccc1. The van der Waals surface area contributed by atoms with Crippen LogP contribution in [0.2, 0.25) is 0 Å². The molecule has 0 aliphatic rings. The Labute approximate surface area is 94.6 Å². The van der Waals surface area contributed by atoms with Crippen molar-refractivity contribution in [2.75, 3.05) is 0 Å². The van der Waals surface area contributed by atoms with E-state index in [9.17, 15) is 13.2 Å². The maximum Gasteiger partial charge on any atom is 0.400 e. The molecule has 0 saturated carbocycles. The Hall–Kier alpha value is -0.260. The molecule has 0 aliphatic heterocycles. The van der Waals surface area contributed by atoms with Gasteiger partial charge in [-0.3, -0.25) is 0 Å². The summed E-state index contributed by atoms with van der Waals surface area (Å²) < 4.78 is 35.2. The van der Waals surface area contributed by atoms with E-state index in [-0.39, 0.29) is 6.42 Å². The molecule has 0 fully saturated rings. The van der Waals surface area contributed by atoms with Gasteiger partial charge in [-0.05, 0) is 18.4 Å². The highest BCUT2D eigenvalue weighted by Gasteiger charge is 2.36. The summed E-state index contributed by atoms with van der Waals surface area (Å²) in [5, 5.41) is 0. The summed E-state index contributed by atoms with van der Waals surface area (Å²) in [7, 11) is 0. The third kappa shape index (κ3) is 3.86. The number of rotatable bonds is 3.